The highest BCUT2D eigenvalue weighted by Gasteiger charge is 2.26. The van der Waals surface area contributed by atoms with Gasteiger partial charge in [-0.2, -0.15) is 0 Å². The molecule has 1 atom stereocenters. The van der Waals surface area contributed by atoms with E-state index in [-0.39, 0.29) is 11.2 Å². The molecule has 168 valence electrons. The summed E-state index contributed by atoms with van der Waals surface area (Å²) >= 11 is 2.90. The summed E-state index contributed by atoms with van der Waals surface area (Å²) in [5.74, 6) is 0.923. The molecule has 4 rings (SSSR count). The molecule has 1 N–H and O–H groups in total. The first-order valence-electron chi connectivity index (χ1n) is 10.7. The van der Waals surface area contributed by atoms with Gasteiger partial charge in [-0.15, -0.1) is 10.2 Å². The minimum atomic E-state index is -0.213. The molecule has 2 aromatic carbocycles. The van der Waals surface area contributed by atoms with Crippen LogP contribution in [0, 0.1) is 0 Å². The molecule has 7 nitrogen and oxygen atoms in total. The number of piperazine rings is 1. The normalized spacial score (nSPS) is 14.8. The number of nitrogens with zero attached hydrogens (tertiary/aromatic N) is 4. The van der Waals surface area contributed by atoms with Crippen molar-refractivity contribution in [1.82, 2.24) is 15.1 Å². The lowest BCUT2D eigenvalue weighted by Crippen LogP contribution is -2.50. The van der Waals surface area contributed by atoms with Gasteiger partial charge in [0.25, 0.3) is 0 Å². The van der Waals surface area contributed by atoms with Crippen molar-refractivity contribution in [1.29, 1.82) is 0 Å². The zero-order chi connectivity index (χ0) is 22.3. The number of carbonyl (C=O) groups is 1. The number of aromatic nitrogens is 2. The molecule has 32 heavy (non-hydrogen) atoms. The molecule has 0 bridgehead atoms. The fourth-order valence-corrected chi connectivity index (χ4v) is 5.55. The van der Waals surface area contributed by atoms with E-state index in [1.165, 1.54) is 28.8 Å². The third-order valence-electron chi connectivity index (χ3n) is 5.17. The van der Waals surface area contributed by atoms with Crippen LogP contribution in [0.15, 0.2) is 58.9 Å². The van der Waals surface area contributed by atoms with Gasteiger partial charge in [0, 0.05) is 31.9 Å². The van der Waals surface area contributed by atoms with Crippen LogP contribution in [-0.2, 0) is 4.79 Å². The average molecular weight is 470 g/mol. The summed E-state index contributed by atoms with van der Waals surface area (Å²) in [6.45, 7) is 7.64. The van der Waals surface area contributed by atoms with Crippen molar-refractivity contribution in [3.8, 4) is 5.75 Å². The number of anilines is 3. The summed E-state index contributed by atoms with van der Waals surface area (Å²) < 4.78 is 6.42. The SMILES string of the molecule is CCOc1ccccc1Nc1nnc(SC(C)C(=O)N2CCN(c3ccccc3)CC2)s1. The monoisotopic (exact) mass is 469 g/mol. The number of nitrogens with one attached hydrogen (secondary N) is 1. The van der Waals surface area contributed by atoms with Crippen LogP contribution >= 0.6 is 23.1 Å². The van der Waals surface area contributed by atoms with Gasteiger partial charge in [-0.05, 0) is 38.1 Å². The molecule has 0 saturated carbocycles. The summed E-state index contributed by atoms with van der Waals surface area (Å²) in [5, 5.41) is 12.2. The summed E-state index contributed by atoms with van der Waals surface area (Å²) in [6.07, 6.45) is 0. The third-order valence-corrected chi connectivity index (χ3v) is 7.18. The fourth-order valence-electron chi connectivity index (χ4n) is 3.56. The number of carbonyl (C=O) groups excluding carboxylic acids is 1. The van der Waals surface area contributed by atoms with Crippen molar-refractivity contribution in [3.63, 3.8) is 0 Å². The molecule has 0 spiro atoms. The number of para-hydroxylation sites is 3. The molecule has 9 heteroatoms. The second-order valence-corrected chi connectivity index (χ2v) is 9.90. The van der Waals surface area contributed by atoms with Gasteiger partial charge in [-0.1, -0.05) is 53.4 Å². The maximum absolute atomic E-state index is 13.0. The Bertz CT molecular complexity index is 1020. The molecule has 0 radical (unpaired) electrons. The summed E-state index contributed by atoms with van der Waals surface area (Å²) in [7, 11) is 0. The lowest BCUT2D eigenvalue weighted by atomic mass is 10.2. The topological polar surface area (TPSA) is 70.6 Å². The van der Waals surface area contributed by atoms with Crippen molar-refractivity contribution in [2.75, 3.05) is 43.0 Å². The van der Waals surface area contributed by atoms with E-state index >= 15 is 0 Å². The average Bonchev–Trinajstić information content (AvgIpc) is 3.27. The van der Waals surface area contributed by atoms with Crippen LogP contribution < -0.4 is 15.0 Å². The van der Waals surface area contributed by atoms with E-state index in [0.717, 1.165) is 42.0 Å². The predicted octanol–water partition coefficient (Wildman–Crippen LogP) is 4.51. The first-order chi connectivity index (χ1) is 15.6. The van der Waals surface area contributed by atoms with Gasteiger partial charge in [0.2, 0.25) is 11.0 Å². The maximum atomic E-state index is 13.0. The van der Waals surface area contributed by atoms with Crippen LogP contribution in [0.2, 0.25) is 0 Å². The van der Waals surface area contributed by atoms with Crippen molar-refractivity contribution >= 4 is 45.5 Å². The molecule has 1 fully saturated rings. The highest BCUT2D eigenvalue weighted by molar-refractivity contribution is 8.02. The van der Waals surface area contributed by atoms with E-state index in [0.29, 0.717) is 11.7 Å². The standard InChI is InChI=1S/C23H27N5O2S2/c1-3-30-20-12-8-7-11-19(20)24-22-25-26-23(32-22)31-17(2)21(29)28-15-13-27(14-16-28)18-9-5-4-6-10-18/h4-12,17H,3,13-16H2,1-2H3,(H,24,25). The Morgan fingerprint density at radius 1 is 1.09 bits per heavy atom. The Morgan fingerprint density at radius 3 is 2.56 bits per heavy atom. The lowest BCUT2D eigenvalue weighted by molar-refractivity contribution is -0.130. The van der Waals surface area contributed by atoms with E-state index in [2.05, 4.69) is 32.5 Å². The molecule has 0 aliphatic carbocycles. The van der Waals surface area contributed by atoms with E-state index in [1.54, 1.807) is 0 Å². The molecular formula is C23H27N5O2S2. The lowest BCUT2D eigenvalue weighted by Gasteiger charge is -2.37. The van der Waals surface area contributed by atoms with Crippen LogP contribution in [0.1, 0.15) is 13.8 Å². The van der Waals surface area contributed by atoms with Gasteiger partial charge in [-0.3, -0.25) is 4.79 Å². The zero-order valence-corrected chi connectivity index (χ0v) is 19.9. The number of hydrogen-bond acceptors (Lipinski definition) is 8. The summed E-state index contributed by atoms with van der Waals surface area (Å²) in [6, 6.07) is 18.1. The smallest absolute Gasteiger partial charge is 0.235 e. The molecule has 1 aliphatic rings. The molecular weight excluding hydrogens is 442 g/mol. The van der Waals surface area contributed by atoms with Crippen LogP contribution in [0.5, 0.6) is 5.75 Å². The minimum Gasteiger partial charge on any atom is -0.492 e. The molecule has 1 amide bonds. The van der Waals surface area contributed by atoms with Crippen molar-refractivity contribution in [3.05, 3.63) is 54.6 Å². The van der Waals surface area contributed by atoms with Gasteiger partial charge in [0.05, 0.1) is 17.5 Å². The van der Waals surface area contributed by atoms with Crippen molar-refractivity contribution < 1.29 is 9.53 Å². The molecule has 2 heterocycles. The quantitative estimate of drug-likeness (QED) is 0.487. The Balaban J connectivity index is 1.30. The fraction of sp³-hybridized carbons (Fsp3) is 0.348. The first kappa shape index (κ1) is 22.4. The number of thioether (sulfide) groups is 1. The highest BCUT2D eigenvalue weighted by Crippen LogP contribution is 2.33. The van der Waals surface area contributed by atoms with Gasteiger partial charge in [-0.25, -0.2) is 0 Å². The number of ether oxygens (including phenoxy) is 1. The van der Waals surface area contributed by atoms with Crippen LogP contribution in [0.3, 0.4) is 0 Å². The Morgan fingerprint density at radius 2 is 1.81 bits per heavy atom. The predicted molar refractivity (Wildman–Crippen MR) is 131 cm³/mol. The van der Waals surface area contributed by atoms with E-state index < -0.39 is 0 Å². The largest absolute Gasteiger partial charge is 0.492 e. The number of benzene rings is 2. The molecule has 1 aromatic heterocycles. The molecule has 3 aromatic rings. The van der Waals surface area contributed by atoms with Gasteiger partial charge in [0.15, 0.2) is 4.34 Å². The van der Waals surface area contributed by atoms with E-state index in [1.807, 2.05) is 61.2 Å². The van der Waals surface area contributed by atoms with Gasteiger partial charge in [0.1, 0.15) is 5.75 Å². The van der Waals surface area contributed by atoms with Crippen LogP contribution in [0.25, 0.3) is 0 Å². The number of hydrogen-bond donors (Lipinski definition) is 1. The molecule has 1 saturated heterocycles. The Labute approximate surface area is 196 Å². The first-order valence-corrected chi connectivity index (χ1v) is 12.4. The second-order valence-electron chi connectivity index (χ2n) is 7.34. The number of rotatable bonds is 8. The zero-order valence-electron chi connectivity index (χ0n) is 18.2. The maximum Gasteiger partial charge on any atom is 0.235 e. The minimum absolute atomic E-state index is 0.147. The van der Waals surface area contributed by atoms with E-state index in [9.17, 15) is 4.79 Å². The van der Waals surface area contributed by atoms with E-state index in [4.69, 9.17) is 4.74 Å². The summed E-state index contributed by atoms with van der Waals surface area (Å²) in [4.78, 5) is 17.2. The molecule has 1 aliphatic heterocycles. The third kappa shape index (κ3) is 5.52. The Kier molecular flexibility index (Phi) is 7.49. The highest BCUT2D eigenvalue weighted by atomic mass is 32.2. The molecule has 1 unspecified atom stereocenters. The van der Waals surface area contributed by atoms with Crippen LogP contribution in [0.4, 0.5) is 16.5 Å². The van der Waals surface area contributed by atoms with Crippen molar-refractivity contribution in [2.24, 2.45) is 0 Å². The Hall–Kier alpha value is -2.78. The summed E-state index contributed by atoms with van der Waals surface area (Å²) in [5.41, 5.74) is 2.06. The second kappa shape index (κ2) is 10.7. The van der Waals surface area contributed by atoms with Crippen molar-refractivity contribution in [2.45, 2.75) is 23.4 Å². The van der Waals surface area contributed by atoms with Crippen LogP contribution in [-0.4, -0.2) is 59.0 Å². The van der Waals surface area contributed by atoms with Gasteiger partial charge < -0.3 is 19.9 Å². The van der Waals surface area contributed by atoms with Gasteiger partial charge >= 0.3 is 0 Å². The number of amides is 1.